The van der Waals surface area contributed by atoms with Crippen molar-refractivity contribution in [2.75, 3.05) is 0 Å². The molecular weight excluding hydrogens is 244 g/mol. The SMILES string of the molecule is CCc1ccccc1C(N)C1CCCc2cccnc21. The van der Waals surface area contributed by atoms with Gasteiger partial charge in [-0.1, -0.05) is 37.3 Å². The molecule has 2 heteroatoms. The highest BCUT2D eigenvalue weighted by molar-refractivity contribution is 5.35. The molecule has 0 fully saturated rings. The predicted molar refractivity (Wildman–Crippen MR) is 82.7 cm³/mol. The summed E-state index contributed by atoms with van der Waals surface area (Å²) in [6.07, 6.45) is 6.43. The van der Waals surface area contributed by atoms with Crippen molar-refractivity contribution in [1.82, 2.24) is 4.98 Å². The first-order valence-electron chi connectivity index (χ1n) is 7.58. The van der Waals surface area contributed by atoms with E-state index >= 15 is 0 Å². The lowest BCUT2D eigenvalue weighted by Gasteiger charge is -2.30. The van der Waals surface area contributed by atoms with Gasteiger partial charge in [-0.3, -0.25) is 4.98 Å². The number of nitrogens with two attached hydrogens (primary N) is 1. The van der Waals surface area contributed by atoms with Gasteiger partial charge in [-0.15, -0.1) is 0 Å². The number of hydrogen-bond donors (Lipinski definition) is 1. The van der Waals surface area contributed by atoms with Gasteiger partial charge in [0.05, 0.1) is 0 Å². The quantitative estimate of drug-likeness (QED) is 0.918. The Bertz CT molecular complexity index is 591. The van der Waals surface area contributed by atoms with E-state index in [4.69, 9.17) is 5.73 Å². The van der Waals surface area contributed by atoms with Crippen LogP contribution < -0.4 is 5.73 Å². The molecule has 2 N–H and O–H groups in total. The summed E-state index contributed by atoms with van der Waals surface area (Å²) in [5, 5.41) is 0. The number of fused-ring (bicyclic) bond motifs is 1. The third-order valence-corrected chi connectivity index (χ3v) is 4.47. The number of rotatable bonds is 3. The molecule has 0 spiro atoms. The van der Waals surface area contributed by atoms with E-state index in [0.717, 1.165) is 19.3 Å². The van der Waals surface area contributed by atoms with Crippen LogP contribution in [-0.4, -0.2) is 4.98 Å². The van der Waals surface area contributed by atoms with Gasteiger partial charge >= 0.3 is 0 Å². The van der Waals surface area contributed by atoms with Gasteiger partial charge in [0, 0.05) is 23.9 Å². The fourth-order valence-corrected chi connectivity index (χ4v) is 3.39. The third-order valence-electron chi connectivity index (χ3n) is 4.47. The Morgan fingerprint density at radius 3 is 2.95 bits per heavy atom. The second-order valence-electron chi connectivity index (χ2n) is 5.62. The molecule has 1 aliphatic carbocycles. The first-order chi connectivity index (χ1) is 9.81. The highest BCUT2D eigenvalue weighted by Gasteiger charge is 2.28. The molecule has 3 rings (SSSR count). The minimum Gasteiger partial charge on any atom is -0.323 e. The van der Waals surface area contributed by atoms with Gasteiger partial charge in [0.2, 0.25) is 0 Å². The van der Waals surface area contributed by atoms with Crippen LogP contribution in [0.3, 0.4) is 0 Å². The van der Waals surface area contributed by atoms with Crippen molar-refractivity contribution < 1.29 is 0 Å². The zero-order valence-electron chi connectivity index (χ0n) is 12.0. The first kappa shape index (κ1) is 13.3. The standard InChI is InChI=1S/C18H22N2/c1-2-13-7-3-4-10-15(13)17(19)16-11-5-8-14-9-6-12-20-18(14)16/h3-4,6-7,9-10,12,16-17H,2,5,8,11,19H2,1H3. The number of aryl methyl sites for hydroxylation is 2. The molecule has 0 radical (unpaired) electrons. The van der Waals surface area contributed by atoms with Crippen LogP contribution in [0, 0.1) is 0 Å². The largest absolute Gasteiger partial charge is 0.323 e. The molecule has 2 unspecified atom stereocenters. The summed E-state index contributed by atoms with van der Waals surface area (Å²) in [6.45, 7) is 2.19. The molecule has 0 amide bonds. The first-order valence-corrected chi connectivity index (χ1v) is 7.58. The molecule has 1 aromatic heterocycles. The van der Waals surface area contributed by atoms with E-state index in [1.807, 2.05) is 12.3 Å². The summed E-state index contributed by atoms with van der Waals surface area (Å²) in [7, 11) is 0. The van der Waals surface area contributed by atoms with Gasteiger partial charge in [0.1, 0.15) is 0 Å². The smallest absolute Gasteiger partial charge is 0.0485 e. The average Bonchev–Trinajstić information content (AvgIpc) is 2.53. The Morgan fingerprint density at radius 1 is 1.25 bits per heavy atom. The lowest BCUT2D eigenvalue weighted by atomic mass is 9.79. The fourth-order valence-electron chi connectivity index (χ4n) is 3.39. The topological polar surface area (TPSA) is 38.9 Å². The van der Waals surface area contributed by atoms with Gasteiger partial charge in [-0.2, -0.15) is 0 Å². The van der Waals surface area contributed by atoms with Crippen LogP contribution >= 0.6 is 0 Å². The van der Waals surface area contributed by atoms with E-state index in [0.29, 0.717) is 5.92 Å². The molecule has 0 saturated carbocycles. The van der Waals surface area contributed by atoms with Crippen LogP contribution in [0.15, 0.2) is 42.6 Å². The van der Waals surface area contributed by atoms with Crippen LogP contribution in [-0.2, 0) is 12.8 Å². The number of benzene rings is 1. The molecule has 2 atom stereocenters. The van der Waals surface area contributed by atoms with Gasteiger partial charge in [0.25, 0.3) is 0 Å². The molecule has 2 nitrogen and oxygen atoms in total. The van der Waals surface area contributed by atoms with E-state index in [-0.39, 0.29) is 6.04 Å². The number of nitrogens with zero attached hydrogens (tertiary/aromatic N) is 1. The molecule has 2 aromatic rings. The summed E-state index contributed by atoms with van der Waals surface area (Å²) in [6, 6.07) is 12.9. The maximum Gasteiger partial charge on any atom is 0.0485 e. The Balaban J connectivity index is 1.97. The van der Waals surface area contributed by atoms with Crippen molar-refractivity contribution in [3.8, 4) is 0 Å². The fraction of sp³-hybridized carbons (Fsp3) is 0.389. The Labute approximate surface area is 121 Å². The highest BCUT2D eigenvalue weighted by atomic mass is 14.7. The second kappa shape index (κ2) is 5.76. The van der Waals surface area contributed by atoms with Crippen molar-refractivity contribution in [2.24, 2.45) is 5.73 Å². The molecule has 20 heavy (non-hydrogen) atoms. The normalized spacial score (nSPS) is 19.4. The minimum atomic E-state index is 0.0556. The minimum absolute atomic E-state index is 0.0556. The molecule has 1 heterocycles. The highest BCUT2D eigenvalue weighted by Crippen LogP contribution is 2.38. The lowest BCUT2D eigenvalue weighted by Crippen LogP contribution is -2.25. The summed E-state index contributed by atoms with van der Waals surface area (Å²) in [5.41, 5.74) is 11.9. The van der Waals surface area contributed by atoms with Gasteiger partial charge < -0.3 is 5.73 Å². The molecule has 0 aliphatic heterocycles. The summed E-state index contributed by atoms with van der Waals surface area (Å²) in [4.78, 5) is 4.62. The summed E-state index contributed by atoms with van der Waals surface area (Å²) >= 11 is 0. The van der Waals surface area contributed by atoms with Crippen molar-refractivity contribution in [2.45, 2.75) is 44.6 Å². The van der Waals surface area contributed by atoms with Gasteiger partial charge in [-0.05, 0) is 48.4 Å². The van der Waals surface area contributed by atoms with Gasteiger partial charge in [0.15, 0.2) is 0 Å². The number of aromatic nitrogens is 1. The Morgan fingerprint density at radius 2 is 2.10 bits per heavy atom. The van der Waals surface area contributed by atoms with Crippen LogP contribution in [0.1, 0.15) is 54.1 Å². The van der Waals surface area contributed by atoms with E-state index in [2.05, 4.69) is 42.2 Å². The monoisotopic (exact) mass is 266 g/mol. The maximum absolute atomic E-state index is 6.62. The van der Waals surface area contributed by atoms with E-state index in [9.17, 15) is 0 Å². The molecule has 104 valence electrons. The van der Waals surface area contributed by atoms with Crippen LogP contribution in [0.25, 0.3) is 0 Å². The zero-order valence-corrected chi connectivity index (χ0v) is 12.0. The summed E-state index contributed by atoms with van der Waals surface area (Å²) < 4.78 is 0. The van der Waals surface area contributed by atoms with E-state index in [1.165, 1.54) is 28.8 Å². The van der Waals surface area contributed by atoms with E-state index in [1.54, 1.807) is 0 Å². The van der Waals surface area contributed by atoms with E-state index < -0.39 is 0 Å². The molecule has 0 saturated heterocycles. The van der Waals surface area contributed by atoms with Crippen molar-refractivity contribution in [3.05, 3.63) is 65.0 Å². The summed E-state index contributed by atoms with van der Waals surface area (Å²) in [5.74, 6) is 0.354. The third kappa shape index (κ3) is 2.36. The Kier molecular flexibility index (Phi) is 3.83. The van der Waals surface area contributed by atoms with Crippen LogP contribution in [0.4, 0.5) is 0 Å². The molecular formula is C18H22N2. The number of pyridine rings is 1. The van der Waals surface area contributed by atoms with Crippen molar-refractivity contribution >= 4 is 0 Å². The maximum atomic E-state index is 6.62. The molecule has 1 aromatic carbocycles. The van der Waals surface area contributed by atoms with Crippen LogP contribution in [0.2, 0.25) is 0 Å². The van der Waals surface area contributed by atoms with Crippen LogP contribution in [0.5, 0.6) is 0 Å². The lowest BCUT2D eigenvalue weighted by molar-refractivity contribution is 0.461. The van der Waals surface area contributed by atoms with Gasteiger partial charge in [-0.25, -0.2) is 0 Å². The van der Waals surface area contributed by atoms with Crippen molar-refractivity contribution in [3.63, 3.8) is 0 Å². The predicted octanol–water partition coefficient (Wildman–Crippen LogP) is 3.76. The zero-order chi connectivity index (χ0) is 13.9. The Hall–Kier alpha value is -1.67. The number of hydrogen-bond acceptors (Lipinski definition) is 2. The average molecular weight is 266 g/mol. The van der Waals surface area contributed by atoms with Crippen molar-refractivity contribution in [1.29, 1.82) is 0 Å². The second-order valence-corrected chi connectivity index (χ2v) is 5.62. The molecule has 1 aliphatic rings. The molecule has 0 bridgehead atoms.